The van der Waals surface area contributed by atoms with Crippen molar-refractivity contribution in [3.63, 3.8) is 0 Å². The van der Waals surface area contributed by atoms with Crippen LogP contribution in [0.15, 0.2) is 22.6 Å². The largest absolute Gasteiger partial charge is 0.441 e. The summed E-state index contributed by atoms with van der Waals surface area (Å²) in [5, 5.41) is 0. The molecule has 2 aromatic rings. The molecule has 0 aliphatic rings. The molecule has 0 aliphatic carbocycles. The van der Waals surface area contributed by atoms with Gasteiger partial charge in [-0.05, 0) is 30.5 Å². The molecule has 15 heavy (non-hydrogen) atoms. The molecule has 0 bridgehead atoms. The fourth-order valence-corrected chi connectivity index (χ4v) is 1.79. The molecule has 1 aromatic carbocycles. The Morgan fingerprint density at radius 3 is 2.67 bits per heavy atom. The van der Waals surface area contributed by atoms with Gasteiger partial charge >= 0.3 is 0 Å². The number of fused-ring (bicyclic) bond motifs is 1. The highest BCUT2D eigenvalue weighted by Gasteiger charge is 2.05. The third-order valence-corrected chi connectivity index (χ3v) is 2.50. The average Bonchev–Trinajstić information content (AvgIpc) is 2.60. The molecule has 0 N–H and O–H groups in total. The van der Waals surface area contributed by atoms with Crippen LogP contribution in [0.4, 0.5) is 0 Å². The van der Waals surface area contributed by atoms with Gasteiger partial charge in [-0.1, -0.05) is 26.3 Å². The Morgan fingerprint density at radius 1 is 1.13 bits per heavy atom. The molecule has 0 unspecified atom stereocenters. The van der Waals surface area contributed by atoms with E-state index in [9.17, 15) is 0 Å². The fourth-order valence-electron chi connectivity index (χ4n) is 1.79. The SMILES string of the molecule is CCCc1ccc2oc(CCC)nc2c1. The molecule has 1 heterocycles. The van der Waals surface area contributed by atoms with Crippen molar-refractivity contribution in [2.45, 2.75) is 39.5 Å². The number of hydrogen-bond acceptors (Lipinski definition) is 2. The van der Waals surface area contributed by atoms with Crippen LogP contribution in [-0.2, 0) is 12.8 Å². The van der Waals surface area contributed by atoms with E-state index in [2.05, 4.69) is 31.0 Å². The van der Waals surface area contributed by atoms with E-state index in [1.807, 2.05) is 6.07 Å². The molecule has 0 saturated heterocycles. The van der Waals surface area contributed by atoms with Crippen LogP contribution < -0.4 is 0 Å². The maximum absolute atomic E-state index is 5.63. The van der Waals surface area contributed by atoms with Gasteiger partial charge in [0.2, 0.25) is 0 Å². The van der Waals surface area contributed by atoms with Gasteiger partial charge in [0, 0.05) is 6.42 Å². The number of hydrogen-bond donors (Lipinski definition) is 0. The monoisotopic (exact) mass is 203 g/mol. The van der Waals surface area contributed by atoms with Crippen molar-refractivity contribution in [1.29, 1.82) is 0 Å². The van der Waals surface area contributed by atoms with E-state index >= 15 is 0 Å². The van der Waals surface area contributed by atoms with Crippen molar-refractivity contribution < 1.29 is 4.42 Å². The van der Waals surface area contributed by atoms with Crippen LogP contribution in [0.2, 0.25) is 0 Å². The molecule has 0 atom stereocenters. The van der Waals surface area contributed by atoms with E-state index in [4.69, 9.17) is 4.42 Å². The lowest BCUT2D eigenvalue weighted by atomic mass is 10.1. The van der Waals surface area contributed by atoms with Gasteiger partial charge in [0.25, 0.3) is 0 Å². The van der Waals surface area contributed by atoms with E-state index in [1.165, 1.54) is 12.0 Å². The minimum atomic E-state index is 0.862. The minimum absolute atomic E-state index is 0.862. The van der Waals surface area contributed by atoms with Crippen molar-refractivity contribution in [1.82, 2.24) is 4.98 Å². The van der Waals surface area contributed by atoms with E-state index in [0.717, 1.165) is 36.3 Å². The van der Waals surface area contributed by atoms with Crippen LogP contribution in [0.3, 0.4) is 0 Å². The third-order valence-electron chi connectivity index (χ3n) is 2.50. The van der Waals surface area contributed by atoms with E-state index < -0.39 is 0 Å². The summed E-state index contributed by atoms with van der Waals surface area (Å²) in [5.41, 5.74) is 3.27. The molecule has 0 radical (unpaired) electrons. The number of aryl methyl sites for hydroxylation is 2. The lowest BCUT2D eigenvalue weighted by Crippen LogP contribution is -1.82. The second-order valence-corrected chi connectivity index (χ2v) is 3.91. The Kier molecular flexibility index (Phi) is 3.05. The summed E-state index contributed by atoms with van der Waals surface area (Å²) in [6, 6.07) is 6.31. The molecule has 0 fully saturated rings. The molecule has 0 saturated carbocycles. The molecule has 2 nitrogen and oxygen atoms in total. The van der Waals surface area contributed by atoms with Gasteiger partial charge in [0.05, 0.1) is 0 Å². The fraction of sp³-hybridized carbons (Fsp3) is 0.462. The smallest absolute Gasteiger partial charge is 0.195 e. The molecule has 80 valence electrons. The zero-order valence-corrected chi connectivity index (χ0v) is 9.42. The molecule has 0 spiro atoms. The maximum atomic E-state index is 5.63. The predicted octanol–water partition coefficient (Wildman–Crippen LogP) is 3.73. The zero-order chi connectivity index (χ0) is 10.7. The summed E-state index contributed by atoms with van der Waals surface area (Å²) in [5.74, 6) is 0.862. The molecular weight excluding hydrogens is 186 g/mol. The van der Waals surface area contributed by atoms with Gasteiger partial charge in [-0.15, -0.1) is 0 Å². The molecule has 2 heteroatoms. The standard InChI is InChI=1S/C13H17NO/c1-3-5-10-7-8-12-11(9-10)14-13(15-12)6-4-2/h7-9H,3-6H2,1-2H3. The minimum Gasteiger partial charge on any atom is -0.441 e. The van der Waals surface area contributed by atoms with Crippen molar-refractivity contribution in [3.05, 3.63) is 29.7 Å². The molecule has 0 amide bonds. The highest BCUT2D eigenvalue weighted by molar-refractivity contribution is 5.73. The quantitative estimate of drug-likeness (QED) is 0.756. The third kappa shape index (κ3) is 2.20. The van der Waals surface area contributed by atoms with Gasteiger partial charge in [-0.2, -0.15) is 0 Å². The Morgan fingerprint density at radius 2 is 1.93 bits per heavy atom. The summed E-state index contributed by atoms with van der Waals surface area (Å²) in [4.78, 5) is 4.48. The van der Waals surface area contributed by atoms with Gasteiger partial charge in [-0.3, -0.25) is 0 Å². The molecule has 1 aromatic heterocycles. The lowest BCUT2D eigenvalue weighted by Gasteiger charge is -1.95. The summed E-state index contributed by atoms with van der Waals surface area (Å²) in [7, 11) is 0. The van der Waals surface area contributed by atoms with E-state index in [0.29, 0.717) is 0 Å². The van der Waals surface area contributed by atoms with E-state index in [-0.39, 0.29) is 0 Å². The van der Waals surface area contributed by atoms with Crippen LogP contribution in [-0.4, -0.2) is 4.98 Å². The number of aromatic nitrogens is 1. The van der Waals surface area contributed by atoms with Crippen molar-refractivity contribution in [2.24, 2.45) is 0 Å². The highest BCUT2D eigenvalue weighted by atomic mass is 16.3. The second kappa shape index (κ2) is 4.47. The van der Waals surface area contributed by atoms with E-state index in [1.54, 1.807) is 0 Å². The summed E-state index contributed by atoms with van der Waals surface area (Å²) in [6.45, 7) is 4.33. The summed E-state index contributed by atoms with van der Waals surface area (Å²) in [6.07, 6.45) is 4.30. The van der Waals surface area contributed by atoms with Crippen LogP contribution in [0.1, 0.15) is 38.1 Å². The first-order valence-electron chi connectivity index (χ1n) is 5.71. The lowest BCUT2D eigenvalue weighted by molar-refractivity contribution is 0.525. The van der Waals surface area contributed by atoms with Gasteiger partial charge in [-0.25, -0.2) is 4.98 Å². The van der Waals surface area contributed by atoms with Crippen molar-refractivity contribution >= 4 is 11.1 Å². The molecule has 0 aliphatic heterocycles. The van der Waals surface area contributed by atoms with Gasteiger partial charge in [0.1, 0.15) is 5.52 Å². The number of benzene rings is 1. The maximum Gasteiger partial charge on any atom is 0.195 e. The summed E-state index contributed by atoms with van der Waals surface area (Å²) < 4.78 is 5.63. The molecule has 2 rings (SSSR count). The van der Waals surface area contributed by atoms with Gasteiger partial charge < -0.3 is 4.42 Å². The van der Waals surface area contributed by atoms with Crippen molar-refractivity contribution in [3.8, 4) is 0 Å². The Hall–Kier alpha value is -1.31. The first-order valence-corrected chi connectivity index (χ1v) is 5.71. The van der Waals surface area contributed by atoms with Crippen LogP contribution in [0, 0.1) is 0 Å². The van der Waals surface area contributed by atoms with Crippen LogP contribution in [0.5, 0.6) is 0 Å². The predicted molar refractivity (Wildman–Crippen MR) is 62.0 cm³/mol. The first kappa shape index (κ1) is 10.2. The highest BCUT2D eigenvalue weighted by Crippen LogP contribution is 2.18. The number of rotatable bonds is 4. The Bertz CT molecular complexity index is 441. The topological polar surface area (TPSA) is 26.0 Å². The van der Waals surface area contributed by atoms with Crippen LogP contribution >= 0.6 is 0 Å². The first-order chi connectivity index (χ1) is 7.33. The number of oxazole rings is 1. The second-order valence-electron chi connectivity index (χ2n) is 3.91. The zero-order valence-electron chi connectivity index (χ0n) is 9.42. The number of nitrogens with zero attached hydrogens (tertiary/aromatic N) is 1. The van der Waals surface area contributed by atoms with Crippen LogP contribution in [0.25, 0.3) is 11.1 Å². The summed E-state index contributed by atoms with van der Waals surface area (Å²) >= 11 is 0. The molecular formula is C13H17NO. The van der Waals surface area contributed by atoms with Crippen molar-refractivity contribution in [2.75, 3.05) is 0 Å². The Balaban J connectivity index is 2.34. The van der Waals surface area contributed by atoms with Gasteiger partial charge in [0.15, 0.2) is 11.5 Å². The Labute approximate surface area is 90.3 Å². The average molecular weight is 203 g/mol. The normalized spacial score (nSPS) is 11.1.